The number of amides is 3. The van der Waals surface area contributed by atoms with E-state index in [4.69, 9.17) is 5.73 Å². The highest BCUT2D eigenvalue weighted by Gasteiger charge is 2.29. The van der Waals surface area contributed by atoms with Crippen molar-refractivity contribution in [3.8, 4) is 5.75 Å². The predicted molar refractivity (Wildman–Crippen MR) is 138 cm³/mol. The van der Waals surface area contributed by atoms with Gasteiger partial charge >= 0.3 is 5.97 Å². The standard InChI is InChI=1S/C27H36N4O6/c1-16(2)13-21(28)25(34)29-17(3)24(33)30-22(14-19-9-11-20(32)12-10-19)26(35)31-23(27(36)37)15-18-7-5-4-6-8-18/h4-12,16-17,21-23,32H,13-15,28H2,1-3H3,(H,29,34)(H,30,33)(H,31,35)(H,36,37). The molecule has 7 N–H and O–H groups in total. The number of rotatable bonds is 13. The van der Waals surface area contributed by atoms with Crippen molar-refractivity contribution in [2.45, 2.75) is 64.2 Å². The maximum Gasteiger partial charge on any atom is 0.326 e. The van der Waals surface area contributed by atoms with Gasteiger partial charge < -0.3 is 31.9 Å². The average Bonchev–Trinajstić information content (AvgIpc) is 2.84. The molecule has 37 heavy (non-hydrogen) atoms. The molecular weight excluding hydrogens is 476 g/mol. The normalized spacial score (nSPS) is 14.2. The number of nitrogens with two attached hydrogens (primary N) is 1. The molecule has 10 nitrogen and oxygen atoms in total. The molecule has 0 saturated carbocycles. The summed E-state index contributed by atoms with van der Waals surface area (Å²) < 4.78 is 0. The number of aliphatic carboxylic acids is 1. The van der Waals surface area contributed by atoms with E-state index >= 15 is 0 Å². The van der Waals surface area contributed by atoms with Gasteiger partial charge in [0.25, 0.3) is 0 Å². The van der Waals surface area contributed by atoms with Gasteiger partial charge in [-0.25, -0.2) is 4.79 Å². The van der Waals surface area contributed by atoms with Gasteiger partial charge in [-0.15, -0.1) is 0 Å². The Hall–Kier alpha value is -3.92. The number of hydrogen-bond acceptors (Lipinski definition) is 6. The Morgan fingerprint density at radius 1 is 0.757 bits per heavy atom. The van der Waals surface area contributed by atoms with Crippen LogP contribution in [0.5, 0.6) is 5.75 Å². The number of aromatic hydroxyl groups is 1. The van der Waals surface area contributed by atoms with Gasteiger partial charge in [0.1, 0.15) is 23.9 Å². The highest BCUT2D eigenvalue weighted by molar-refractivity contribution is 5.94. The van der Waals surface area contributed by atoms with E-state index in [0.29, 0.717) is 12.0 Å². The first-order valence-electron chi connectivity index (χ1n) is 12.2. The zero-order valence-corrected chi connectivity index (χ0v) is 21.3. The molecule has 0 aromatic heterocycles. The van der Waals surface area contributed by atoms with Gasteiger partial charge in [0.05, 0.1) is 6.04 Å². The van der Waals surface area contributed by atoms with Crippen LogP contribution in [-0.2, 0) is 32.0 Å². The van der Waals surface area contributed by atoms with E-state index in [0.717, 1.165) is 5.56 Å². The summed E-state index contributed by atoms with van der Waals surface area (Å²) in [4.78, 5) is 50.3. The molecule has 3 amide bonds. The van der Waals surface area contributed by atoms with E-state index in [9.17, 15) is 29.4 Å². The van der Waals surface area contributed by atoms with Gasteiger partial charge in [-0.3, -0.25) is 14.4 Å². The first-order valence-corrected chi connectivity index (χ1v) is 12.2. The summed E-state index contributed by atoms with van der Waals surface area (Å²) in [6, 6.07) is 10.8. The lowest BCUT2D eigenvalue weighted by Gasteiger charge is -2.24. The number of hydrogen-bond donors (Lipinski definition) is 6. The third kappa shape index (κ3) is 9.92. The van der Waals surface area contributed by atoms with Crippen LogP contribution in [0, 0.1) is 5.92 Å². The molecule has 0 aliphatic heterocycles. The number of phenols is 1. The molecule has 0 spiro atoms. The summed E-state index contributed by atoms with van der Waals surface area (Å²) in [5, 5.41) is 26.9. The average molecular weight is 513 g/mol. The van der Waals surface area contributed by atoms with E-state index in [1.165, 1.54) is 19.1 Å². The van der Waals surface area contributed by atoms with Crippen molar-refractivity contribution in [1.82, 2.24) is 16.0 Å². The minimum absolute atomic E-state index is 0.0308. The van der Waals surface area contributed by atoms with E-state index < -0.39 is 47.9 Å². The van der Waals surface area contributed by atoms with Gasteiger partial charge in [-0.2, -0.15) is 0 Å². The fourth-order valence-corrected chi connectivity index (χ4v) is 3.70. The fraction of sp³-hybridized carbons (Fsp3) is 0.407. The Morgan fingerprint density at radius 2 is 1.30 bits per heavy atom. The molecular formula is C27H36N4O6. The summed E-state index contributed by atoms with van der Waals surface area (Å²) in [7, 11) is 0. The van der Waals surface area contributed by atoms with Crippen LogP contribution in [0.4, 0.5) is 0 Å². The number of nitrogens with one attached hydrogen (secondary N) is 3. The molecule has 0 heterocycles. The van der Waals surface area contributed by atoms with Crippen LogP contribution in [0.25, 0.3) is 0 Å². The van der Waals surface area contributed by atoms with Crippen molar-refractivity contribution >= 4 is 23.7 Å². The van der Waals surface area contributed by atoms with Crippen molar-refractivity contribution in [2.24, 2.45) is 11.7 Å². The second kappa shape index (κ2) is 14.0. The van der Waals surface area contributed by atoms with E-state index in [-0.39, 0.29) is 24.5 Å². The van der Waals surface area contributed by atoms with E-state index in [1.54, 1.807) is 42.5 Å². The van der Waals surface area contributed by atoms with Crippen molar-refractivity contribution < 1.29 is 29.4 Å². The molecule has 200 valence electrons. The van der Waals surface area contributed by atoms with Crippen molar-refractivity contribution in [3.63, 3.8) is 0 Å². The lowest BCUT2D eigenvalue weighted by molar-refractivity contribution is -0.142. The molecule has 4 atom stereocenters. The Balaban J connectivity index is 2.15. The zero-order chi connectivity index (χ0) is 27.5. The van der Waals surface area contributed by atoms with Crippen LogP contribution in [0.3, 0.4) is 0 Å². The summed E-state index contributed by atoms with van der Waals surface area (Å²) in [6.07, 6.45) is 0.537. The second-order valence-electron chi connectivity index (χ2n) is 9.49. The molecule has 0 radical (unpaired) electrons. The van der Waals surface area contributed by atoms with Crippen LogP contribution in [0.2, 0.25) is 0 Å². The highest BCUT2D eigenvalue weighted by atomic mass is 16.4. The summed E-state index contributed by atoms with van der Waals surface area (Å²) in [5.74, 6) is -2.78. The Kier molecular flexibility index (Phi) is 11.1. The third-order valence-electron chi connectivity index (χ3n) is 5.72. The fourth-order valence-electron chi connectivity index (χ4n) is 3.70. The first kappa shape index (κ1) is 29.3. The maximum atomic E-state index is 13.2. The van der Waals surface area contributed by atoms with Gasteiger partial charge in [0.2, 0.25) is 17.7 Å². The molecule has 2 aromatic carbocycles. The number of phenolic OH excluding ortho intramolecular Hbond substituents is 1. The topological polar surface area (TPSA) is 171 Å². The minimum atomic E-state index is -1.22. The molecule has 0 aliphatic rings. The molecule has 0 bridgehead atoms. The number of carboxylic acid groups (broad SMARTS) is 1. The highest BCUT2D eigenvalue weighted by Crippen LogP contribution is 2.12. The molecule has 2 aromatic rings. The number of benzene rings is 2. The van der Waals surface area contributed by atoms with Crippen molar-refractivity contribution in [1.29, 1.82) is 0 Å². The molecule has 0 saturated heterocycles. The number of carbonyl (C=O) groups is 4. The van der Waals surface area contributed by atoms with Gasteiger partial charge in [0.15, 0.2) is 0 Å². The van der Waals surface area contributed by atoms with Gasteiger partial charge in [0, 0.05) is 12.8 Å². The monoisotopic (exact) mass is 512 g/mol. The Labute approximate surface area is 216 Å². The molecule has 0 aliphatic carbocycles. The Bertz CT molecular complexity index is 1060. The lowest BCUT2D eigenvalue weighted by atomic mass is 10.0. The third-order valence-corrected chi connectivity index (χ3v) is 5.72. The summed E-state index contributed by atoms with van der Waals surface area (Å²) >= 11 is 0. The zero-order valence-electron chi connectivity index (χ0n) is 21.3. The van der Waals surface area contributed by atoms with Crippen LogP contribution in [0.15, 0.2) is 54.6 Å². The smallest absolute Gasteiger partial charge is 0.326 e. The van der Waals surface area contributed by atoms with Gasteiger partial charge in [-0.05, 0) is 42.5 Å². The number of carbonyl (C=O) groups excluding carboxylic acids is 3. The predicted octanol–water partition coefficient (Wildman–Crippen LogP) is 1.11. The van der Waals surface area contributed by atoms with Crippen LogP contribution in [-0.4, -0.2) is 58.1 Å². The van der Waals surface area contributed by atoms with Crippen LogP contribution < -0.4 is 21.7 Å². The van der Waals surface area contributed by atoms with Crippen molar-refractivity contribution in [3.05, 3.63) is 65.7 Å². The summed E-state index contributed by atoms with van der Waals surface area (Å²) in [6.45, 7) is 5.33. The van der Waals surface area contributed by atoms with Crippen LogP contribution in [0.1, 0.15) is 38.3 Å². The molecule has 0 fully saturated rings. The molecule has 2 rings (SSSR count). The second-order valence-corrected chi connectivity index (χ2v) is 9.49. The van der Waals surface area contributed by atoms with E-state index in [2.05, 4.69) is 16.0 Å². The van der Waals surface area contributed by atoms with E-state index in [1.807, 2.05) is 13.8 Å². The molecule has 10 heteroatoms. The first-order chi connectivity index (χ1) is 17.5. The Morgan fingerprint density at radius 3 is 1.86 bits per heavy atom. The quantitative estimate of drug-likeness (QED) is 0.233. The minimum Gasteiger partial charge on any atom is -0.508 e. The lowest BCUT2D eigenvalue weighted by Crippen LogP contribution is -2.57. The summed E-state index contributed by atoms with van der Waals surface area (Å²) in [5.41, 5.74) is 7.25. The maximum absolute atomic E-state index is 13.2. The number of carboxylic acids is 1. The van der Waals surface area contributed by atoms with Crippen LogP contribution >= 0.6 is 0 Å². The largest absolute Gasteiger partial charge is 0.508 e. The molecule has 4 unspecified atom stereocenters. The van der Waals surface area contributed by atoms with Crippen molar-refractivity contribution in [2.75, 3.05) is 0 Å². The van der Waals surface area contributed by atoms with Gasteiger partial charge in [-0.1, -0.05) is 56.3 Å². The SMILES string of the molecule is CC(C)CC(N)C(=O)NC(C)C(=O)NC(Cc1ccc(O)cc1)C(=O)NC(Cc1ccccc1)C(=O)O.